The first kappa shape index (κ1) is 20.9. The second-order valence-electron chi connectivity index (χ2n) is 7.14. The zero-order valence-electron chi connectivity index (χ0n) is 15.7. The minimum absolute atomic E-state index is 0. The van der Waals surface area contributed by atoms with E-state index in [0.717, 1.165) is 44.6 Å². The Labute approximate surface area is 162 Å². The Morgan fingerprint density at radius 2 is 1.67 bits per heavy atom. The number of benzene rings is 2. The summed E-state index contributed by atoms with van der Waals surface area (Å²) in [5.41, 5.74) is 4.93. The highest BCUT2D eigenvalue weighted by Gasteiger charge is 2.21. The van der Waals surface area contributed by atoms with Crippen LogP contribution in [0.2, 0.25) is 0 Å². The van der Waals surface area contributed by atoms with E-state index in [1.165, 1.54) is 28.9 Å². The molecule has 0 unspecified atom stereocenters. The Hall–Kier alpha value is -2.36. The van der Waals surface area contributed by atoms with Crippen molar-refractivity contribution in [3.05, 3.63) is 65.0 Å². The summed E-state index contributed by atoms with van der Waals surface area (Å²) in [6, 6.07) is 13.1. The summed E-state index contributed by atoms with van der Waals surface area (Å²) >= 11 is 0. The Balaban J connectivity index is 0.00000261. The number of nitrogens with zero attached hydrogens (tertiary/aromatic N) is 2. The zero-order chi connectivity index (χ0) is 18.5. The van der Waals surface area contributed by atoms with Crippen LogP contribution in [0.5, 0.6) is 0 Å². The monoisotopic (exact) mass is 370 g/mol. The lowest BCUT2D eigenvalue weighted by Gasteiger charge is -2.37. The molecule has 0 bridgehead atoms. The summed E-state index contributed by atoms with van der Waals surface area (Å²) in [4.78, 5) is 16.8. The van der Waals surface area contributed by atoms with Crippen molar-refractivity contribution >= 4 is 11.6 Å². The van der Waals surface area contributed by atoms with Crippen molar-refractivity contribution < 1.29 is 9.18 Å². The Morgan fingerprint density at radius 1 is 1.00 bits per heavy atom. The van der Waals surface area contributed by atoms with E-state index in [1.54, 1.807) is 12.1 Å². The molecule has 1 fully saturated rings. The van der Waals surface area contributed by atoms with Gasteiger partial charge in [0.05, 0.1) is 0 Å². The van der Waals surface area contributed by atoms with E-state index >= 15 is 0 Å². The van der Waals surface area contributed by atoms with Gasteiger partial charge >= 0.3 is 0 Å². The van der Waals surface area contributed by atoms with Gasteiger partial charge in [-0.05, 0) is 56.0 Å². The van der Waals surface area contributed by atoms with Crippen LogP contribution in [0.15, 0.2) is 42.5 Å². The van der Waals surface area contributed by atoms with Crippen molar-refractivity contribution in [2.45, 2.75) is 40.5 Å². The summed E-state index contributed by atoms with van der Waals surface area (Å²) in [6.45, 7) is 7.58. The molecule has 1 aliphatic rings. The summed E-state index contributed by atoms with van der Waals surface area (Å²) < 4.78 is 12.9. The lowest BCUT2D eigenvalue weighted by molar-refractivity contribution is -0.131. The lowest BCUT2D eigenvalue weighted by Crippen LogP contribution is -2.49. The molecule has 1 saturated heterocycles. The largest absolute Gasteiger partial charge is 0.368 e. The first-order chi connectivity index (χ1) is 12.5. The Bertz CT molecular complexity index is 749. The minimum atomic E-state index is -0.216. The van der Waals surface area contributed by atoms with E-state index in [1.807, 2.05) is 4.90 Å². The second kappa shape index (κ2) is 9.54. The van der Waals surface area contributed by atoms with E-state index in [-0.39, 0.29) is 19.2 Å². The average molecular weight is 371 g/mol. The molecule has 3 nitrogen and oxygen atoms in total. The van der Waals surface area contributed by atoms with Gasteiger partial charge < -0.3 is 9.80 Å². The SMILES string of the molecule is C.Cc1ccc(N2CCN(C(=O)CCCc3ccc(F)cc3)CC2)c(C)c1. The molecule has 0 N–H and O–H groups in total. The van der Waals surface area contributed by atoms with E-state index in [0.29, 0.717) is 6.42 Å². The standard InChI is InChI=1S/C22H27FN2O.CH4/c1-17-6-11-21(18(2)16-17)24-12-14-25(15-13-24)22(26)5-3-4-19-7-9-20(23)10-8-19;/h6-11,16H,3-5,12-15H2,1-2H3;1H4. The van der Waals surface area contributed by atoms with E-state index in [9.17, 15) is 9.18 Å². The molecule has 1 heterocycles. The molecule has 0 atom stereocenters. The van der Waals surface area contributed by atoms with E-state index in [4.69, 9.17) is 0 Å². The Kier molecular flexibility index (Phi) is 7.40. The molecule has 2 aromatic carbocycles. The van der Waals surface area contributed by atoms with Crippen molar-refractivity contribution in [3.8, 4) is 0 Å². The molecule has 0 aromatic heterocycles. The number of anilines is 1. The number of halogens is 1. The summed E-state index contributed by atoms with van der Waals surface area (Å²) in [5, 5.41) is 0. The number of carbonyl (C=O) groups excluding carboxylic acids is 1. The smallest absolute Gasteiger partial charge is 0.222 e. The van der Waals surface area contributed by atoms with Crippen LogP contribution in [0.25, 0.3) is 0 Å². The third kappa shape index (κ3) is 5.56. The maximum Gasteiger partial charge on any atom is 0.222 e. The fraction of sp³-hybridized carbons (Fsp3) is 0.435. The van der Waals surface area contributed by atoms with Crippen LogP contribution >= 0.6 is 0 Å². The van der Waals surface area contributed by atoms with E-state index in [2.05, 4.69) is 36.9 Å². The van der Waals surface area contributed by atoms with Gasteiger partial charge in [0.25, 0.3) is 0 Å². The van der Waals surface area contributed by atoms with Crippen LogP contribution < -0.4 is 4.90 Å². The fourth-order valence-electron chi connectivity index (χ4n) is 3.61. The van der Waals surface area contributed by atoms with Gasteiger partial charge in [0, 0.05) is 38.3 Å². The van der Waals surface area contributed by atoms with Crippen molar-refractivity contribution in [3.63, 3.8) is 0 Å². The highest BCUT2D eigenvalue weighted by Crippen LogP contribution is 2.22. The molecule has 1 amide bonds. The quantitative estimate of drug-likeness (QED) is 0.758. The maximum atomic E-state index is 12.9. The summed E-state index contributed by atoms with van der Waals surface area (Å²) in [6.07, 6.45) is 2.18. The molecule has 2 aromatic rings. The molecule has 0 saturated carbocycles. The fourth-order valence-corrected chi connectivity index (χ4v) is 3.61. The van der Waals surface area contributed by atoms with E-state index < -0.39 is 0 Å². The third-order valence-corrected chi connectivity index (χ3v) is 5.09. The molecule has 27 heavy (non-hydrogen) atoms. The number of hydrogen-bond acceptors (Lipinski definition) is 2. The normalized spacial score (nSPS) is 14.0. The van der Waals surface area contributed by atoms with Crippen LogP contribution in [0.1, 0.15) is 37.0 Å². The minimum Gasteiger partial charge on any atom is -0.368 e. The van der Waals surface area contributed by atoms with Gasteiger partial charge in [-0.25, -0.2) is 4.39 Å². The molecular formula is C23H31FN2O. The van der Waals surface area contributed by atoms with Crippen molar-refractivity contribution in [2.75, 3.05) is 31.1 Å². The number of amides is 1. The van der Waals surface area contributed by atoms with Crippen molar-refractivity contribution in [2.24, 2.45) is 0 Å². The molecule has 3 rings (SSSR count). The van der Waals surface area contributed by atoms with Gasteiger partial charge in [-0.15, -0.1) is 0 Å². The van der Waals surface area contributed by atoms with Gasteiger partial charge in [-0.1, -0.05) is 37.3 Å². The predicted octanol–water partition coefficient (Wildman–Crippen LogP) is 4.75. The predicted molar refractivity (Wildman–Crippen MR) is 111 cm³/mol. The first-order valence-electron chi connectivity index (χ1n) is 9.37. The molecule has 1 aliphatic heterocycles. The molecule has 0 aliphatic carbocycles. The zero-order valence-corrected chi connectivity index (χ0v) is 15.7. The van der Waals surface area contributed by atoms with Crippen molar-refractivity contribution in [1.82, 2.24) is 4.90 Å². The summed E-state index contributed by atoms with van der Waals surface area (Å²) in [5.74, 6) is 0.0129. The van der Waals surface area contributed by atoms with Crippen LogP contribution in [-0.2, 0) is 11.2 Å². The van der Waals surface area contributed by atoms with Gasteiger partial charge in [-0.3, -0.25) is 4.79 Å². The third-order valence-electron chi connectivity index (χ3n) is 5.09. The number of piperazine rings is 1. The molecule has 0 spiro atoms. The Morgan fingerprint density at radius 3 is 2.30 bits per heavy atom. The number of carbonyl (C=O) groups is 1. The molecule has 4 heteroatoms. The number of aryl methyl sites for hydroxylation is 3. The number of rotatable bonds is 5. The van der Waals surface area contributed by atoms with Crippen LogP contribution in [0, 0.1) is 19.7 Å². The molecule has 146 valence electrons. The van der Waals surface area contributed by atoms with Crippen LogP contribution in [0.3, 0.4) is 0 Å². The van der Waals surface area contributed by atoms with Crippen LogP contribution in [0.4, 0.5) is 10.1 Å². The molecule has 0 radical (unpaired) electrons. The average Bonchev–Trinajstić information content (AvgIpc) is 2.63. The highest BCUT2D eigenvalue weighted by atomic mass is 19.1. The second-order valence-corrected chi connectivity index (χ2v) is 7.14. The van der Waals surface area contributed by atoms with Gasteiger partial charge in [-0.2, -0.15) is 0 Å². The lowest BCUT2D eigenvalue weighted by atomic mass is 10.1. The highest BCUT2D eigenvalue weighted by molar-refractivity contribution is 5.76. The van der Waals surface area contributed by atoms with Crippen LogP contribution in [-0.4, -0.2) is 37.0 Å². The van der Waals surface area contributed by atoms with Crippen molar-refractivity contribution in [1.29, 1.82) is 0 Å². The topological polar surface area (TPSA) is 23.6 Å². The molecular weight excluding hydrogens is 339 g/mol. The van der Waals surface area contributed by atoms with Gasteiger partial charge in [0.1, 0.15) is 5.82 Å². The van der Waals surface area contributed by atoms with Gasteiger partial charge in [0.2, 0.25) is 5.91 Å². The number of hydrogen-bond donors (Lipinski definition) is 0. The van der Waals surface area contributed by atoms with Gasteiger partial charge in [0.15, 0.2) is 0 Å². The maximum absolute atomic E-state index is 12.9. The summed E-state index contributed by atoms with van der Waals surface area (Å²) in [7, 11) is 0. The first-order valence-corrected chi connectivity index (χ1v) is 9.37.